The molecule has 0 aromatic carbocycles. The van der Waals surface area contributed by atoms with Crippen LogP contribution in [0.25, 0.3) is 0 Å². The molecule has 0 aliphatic carbocycles. The third-order valence-corrected chi connectivity index (χ3v) is 1.96. The molecule has 0 heterocycles. The molecule has 6 nitrogen and oxygen atoms in total. The first-order valence-corrected chi connectivity index (χ1v) is 5.61. The molecule has 0 saturated carbocycles. The molecule has 0 bridgehead atoms. The maximum atomic E-state index is 11.4. The molecule has 0 aliphatic rings. The van der Waals surface area contributed by atoms with Gasteiger partial charge in [0.1, 0.15) is 6.10 Å². The summed E-state index contributed by atoms with van der Waals surface area (Å²) in [6.07, 6.45) is -0.412. The van der Waals surface area contributed by atoms with Crippen LogP contribution in [0.2, 0.25) is 0 Å². The van der Waals surface area contributed by atoms with Gasteiger partial charge in [0.15, 0.2) is 0 Å². The minimum absolute atomic E-state index is 0.0977. The van der Waals surface area contributed by atoms with Crippen molar-refractivity contribution >= 4 is 11.8 Å². The van der Waals surface area contributed by atoms with Gasteiger partial charge in [-0.2, -0.15) is 0 Å². The van der Waals surface area contributed by atoms with Crippen LogP contribution in [0.3, 0.4) is 0 Å². The van der Waals surface area contributed by atoms with Gasteiger partial charge in [-0.05, 0) is 20.8 Å². The smallest absolute Gasteiger partial charge is 0.250 e. The van der Waals surface area contributed by atoms with Gasteiger partial charge < -0.3 is 21.1 Å². The first kappa shape index (κ1) is 15.9. The van der Waals surface area contributed by atoms with E-state index in [1.165, 1.54) is 7.11 Å². The molecule has 0 saturated heterocycles. The predicted molar refractivity (Wildman–Crippen MR) is 65.4 cm³/mol. The van der Waals surface area contributed by atoms with Crippen molar-refractivity contribution in [3.63, 3.8) is 0 Å². The number of amides is 2. The zero-order chi connectivity index (χ0) is 13.5. The molecule has 4 N–H and O–H groups in total. The predicted octanol–water partition coefficient (Wildman–Crippen LogP) is -0.619. The van der Waals surface area contributed by atoms with Crippen molar-refractivity contribution in [1.29, 1.82) is 0 Å². The lowest BCUT2D eigenvalue weighted by molar-refractivity contribution is -0.130. The van der Waals surface area contributed by atoms with Crippen molar-refractivity contribution in [3.8, 4) is 0 Å². The molecule has 1 atom stereocenters. The van der Waals surface area contributed by atoms with E-state index in [-0.39, 0.29) is 36.9 Å². The SMILES string of the molecule is COC(CN)C(=O)NCCC(=O)NC(C)(C)C. The Labute approximate surface area is 102 Å². The van der Waals surface area contributed by atoms with Crippen molar-refractivity contribution in [2.45, 2.75) is 38.8 Å². The van der Waals surface area contributed by atoms with E-state index in [9.17, 15) is 9.59 Å². The van der Waals surface area contributed by atoms with Crippen LogP contribution in [0.15, 0.2) is 0 Å². The lowest BCUT2D eigenvalue weighted by Gasteiger charge is -2.20. The summed E-state index contributed by atoms with van der Waals surface area (Å²) in [5.41, 5.74) is 5.08. The first-order chi connectivity index (χ1) is 7.80. The maximum absolute atomic E-state index is 11.4. The highest BCUT2D eigenvalue weighted by atomic mass is 16.5. The summed E-state index contributed by atoms with van der Waals surface area (Å²) in [7, 11) is 1.42. The Bertz CT molecular complexity index is 257. The molecule has 0 aromatic rings. The van der Waals surface area contributed by atoms with Crippen molar-refractivity contribution in [2.24, 2.45) is 5.73 Å². The fourth-order valence-electron chi connectivity index (χ4n) is 1.20. The number of carbonyl (C=O) groups is 2. The second-order valence-electron chi connectivity index (χ2n) is 4.80. The highest BCUT2D eigenvalue weighted by molar-refractivity contribution is 5.82. The lowest BCUT2D eigenvalue weighted by Crippen LogP contribution is -2.44. The quantitative estimate of drug-likeness (QED) is 0.581. The fourth-order valence-corrected chi connectivity index (χ4v) is 1.20. The number of methoxy groups -OCH3 is 1. The Hall–Kier alpha value is -1.14. The molecule has 100 valence electrons. The average molecular weight is 245 g/mol. The van der Waals surface area contributed by atoms with Crippen LogP contribution in [0, 0.1) is 0 Å². The van der Waals surface area contributed by atoms with Crippen LogP contribution in [0.4, 0.5) is 0 Å². The standard InChI is InChI=1S/C11H23N3O3/c1-11(2,3)14-9(15)5-6-13-10(16)8(7-12)17-4/h8H,5-7,12H2,1-4H3,(H,13,16)(H,14,15). The Balaban J connectivity index is 3.84. The van der Waals surface area contributed by atoms with Gasteiger partial charge in [-0.1, -0.05) is 0 Å². The Morgan fingerprint density at radius 2 is 1.94 bits per heavy atom. The van der Waals surface area contributed by atoms with Crippen molar-refractivity contribution in [3.05, 3.63) is 0 Å². The van der Waals surface area contributed by atoms with Crippen molar-refractivity contribution in [1.82, 2.24) is 10.6 Å². The normalized spacial score (nSPS) is 13.0. The third kappa shape index (κ3) is 7.70. The number of hydrogen-bond acceptors (Lipinski definition) is 4. The van der Waals surface area contributed by atoms with Gasteiger partial charge in [-0.25, -0.2) is 0 Å². The van der Waals surface area contributed by atoms with Gasteiger partial charge in [0, 0.05) is 32.2 Å². The van der Waals surface area contributed by atoms with Crippen LogP contribution in [0.5, 0.6) is 0 Å². The Morgan fingerprint density at radius 3 is 2.35 bits per heavy atom. The molecular formula is C11H23N3O3. The highest BCUT2D eigenvalue weighted by Gasteiger charge is 2.16. The second-order valence-corrected chi connectivity index (χ2v) is 4.80. The molecule has 0 aromatic heterocycles. The summed E-state index contributed by atoms with van der Waals surface area (Å²) in [5.74, 6) is -0.391. The van der Waals surface area contributed by atoms with Crippen LogP contribution in [0.1, 0.15) is 27.2 Å². The lowest BCUT2D eigenvalue weighted by atomic mass is 10.1. The van der Waals surface area contributed by atoms with Gasteiger partial charge in [0.25, 0.3) is 0 Å². The fraction of sp³-hybridized carbons (Fsp3) is 0.818. The number of nitrogens with one attached hydrogen (secondary N) is 2. The topological polar surface area (TPSA) is 93.4 Å². The summed E-state index contributed by atoms with van der Waals surface area (Å²) in [6.45, 7) is 6.10. The van der Waals surface area contributed by atoms with Crippen LogP contribution < -0.4 is 16.4 Å². The third-order valence-electron chi connectivity index (χ3n) is 1.96. The number of carbonyl (C=O) groups excluding carboxylic acids is 2. The van der Waals surface area contributed by atoms with E-state index in [2.05, 4.69) is 10.6 Å². The van der Waals surface area contributed by atoms with Crippen molar-refractivity contribution < 1.29 is 14.3 Å². The van der Waals surface area contributed by atoms with Crippen molar-refractivity contribution in [2.75, 3.05) is 20.2 Å². The molecule has 0 aliphatic heterocycles. The van der Waals surface area contributed by atoms with Gasteiger partial charge in [0.2, 0.25) is 11.8 Å². The van der Waals surface area contributed by atoms with Crippen LogP contribution in [-0.4, -0.2) is 43.7 Å². The van der Waals surface area contributed by atoms with E-state index in [1.807, 2.05) is 20.8 Å². The van der Waals surface area contributed by atoms with E-state index in [1.54, 1.807) is 0 Å². The van der Waals surface area contributed by atoms with Crippen LogP contribution >= 0.6 is 0 Å². The largest absolute Gasteiger partial charge is 0.370 e. The number of rotatable bonds is 6. The maximum Gasteiger partial charge on any atom is 0.250 e. The van der Waals surface area contributed by atoms with Gasteiger partial charge in [0.05, 0.1) is 0 Å². The van der Waals surface area contributed by atoms with E-state index < -0.39 is 6.10 Å². The molecule has 0 radical (unpaired) electrons. The monoisotopic (exact) mass is 245 g/mol. The Kier molecular flexibility index (Phi) is 6.75. The molecule has 0 rings (SSSR count). The molecule has 2 amide bonds. The zero-order valence-electron chi connectivity index (χ0n) is 11.0. The van der Waals surface area contributed by atoms with E-state index in [4.69, 9.17) is 10.5 Å². The summed E-state index contributed by atoms with van der Waals surface area (Å²) in [5, 5.41) is 5.40. The highest BCUT2D eigenvalue weighted by Crippen LogP contribution is 1.98. The molecular weight excluding hydrogens is 222 g/mol. The zero-order valence-corrected chi connectivity index (χ0v) is 11.0. The minimum atomic E-state index is -0.652. The van der Waals surface area contributed by atoms with Gasteiger partial charge in [-0.3, -0.25) is 9.59 Å². The summed E-state index contributed by atoms with van der Waals surface area (Å²) in [6, 6.07) is 0. The molecule has 17 heavy (non-hydrogen) atoms. The van der Waals surface area contributed by atoms with E-state index in [0.29, 0.717) is 0 Å². The molecule has 6 heteroatoms. The van der Waals surface area contributed by atoms with E-state index in [0.717, 1.165) is 0 Å². The second kappa shape index (κ2) is 7.24. The summed E-state index contributed by atoms with van der Waals surface area (Å²) in [4.78, 5) is 22.9. The molecule has 1 unspecified atom stereocenters. The summed E-state index contributed by atoms with van der Waals surface area (Å²) >= 11 is 0. The van der Waals surface area contributed by atoms with Crippen LogP contribution in [-0.2, 0) is 14.3 Å². The first-order valence-electron chi connectivity index (χ1n) is 5.61. The van der Waals surface area contributed by atoms with E-state index >= 15 is 0 Å². The molecule has 0 spiro atoms. The minimum Gasteiger partial charge on any atom is -0.370 e. The number of ether oxygens (including phenoxy) is 1. The summed E-state index contributed by atoms with van der Waals surface area (Å²) < 4.78 is 4.86. The molecule has 0 fully saturated rings. The Morgan fingerprint density at radius 1 is 1.35 bits per heavy atom. The van der Waals surface area contributed by atoms with Gasteiger partial charge in [-0.15, -0.1) is 0 Å². The average Bonchev–Trinajstić information content (AvgIpc) is 2.16. The number of hydrogen-bond donors (Lipinski definition) is 3. The van der Waals surface area contributed by atoms with Gasteiger partial charge >= 0.3 is 0 Å². The number of nitrogens with two attached hydrogens (primary N) is 1.